The molecular weight excluding hydrogens is 408 g/mol. The third-order valence-corrected chi connectivity index (χ3v) is 5.75. The predicted molar refractivity (Wildman–Crippen MR) is 121 cm³/mol. The number of fused-ring (bicyclic) bond motifs is 2. The topological polar surface area (TPSA) is 93.7 Å². The molecule has 166 valence electrons. The molecule has 4 heterocycles. The van der Waals surface area contributed by atoms with Gasteiger partial charge < -0.3 is 14.2 Å². The van der Waals surface area contributed by atoms with Crippen molar-refractivity contribution >= 4 is 22.2 Å². The van der Waals surface area contributed by atoms with Crippen LogP contribution in [0.1, 0.15) is 19.7 Å². The van der Waals surface area contributed by atoms with Crippen LogP contribution in [0.5, 0.6) is 5.88 Å². The predicted octanol–water partition coefficient (Wildman–Crippen LogP) is 1.48. The number of nitrogens with zero attached hydrogens (tertiary/aromatic N) is 8. The van der Waals surface area contributed by atoms with Gasteiger partial charge in [-0.2, -0.15) is 0 Å². The zero-order chi connectivity index (χ0) is 22.2. The number of aryl methyl sites for hydroxylation is 1. The minimum Gasteiger partial charge on any atom is -0.474 e. The van der Waals surface area contributed by atoms with Gasteiger partial charge in [0.1, 0.15) is 6.33 Å². The van der Waals surface area contributed by atoms with E-state index >= 15 is 0 Å². The van der Waals surface area contributed by atoms with E-state index in [1.807, 2.05) is 26.1 Å². The van der Waals surface area contributed by atoms with Crippen LogP contribution in [0.3, 0.4) is 0 Å². The van der Waals surface area contributed by atoms with E-state index in [1.54, 1.807) is 24.0 Å². The fourth-order valence-corrected chi connectivity index (χ4v) is 4.03. The molecule has 0 spiro atoms. The van der Waals surface area contributed by atoms with Crippen molar-refractivity contribution < 1.29 is 4.74 Å². The van der Waals surface area contributed by atoms with Gasteiger partial charge >= 0.3 is 0 Å². The molecule has 1 fully saturated rings. The lowest BCUT2D eigenvalue weighted by Gasteiger charge is -2.35. The number of piperazine rings is 1. The molecule has 0 saturated carbocycles. The monoisotopic (exact) mass is 434 g/mol. The molecule has 5 rings (SSSR count). The van der Waals surface area contributed by atoms with Crippen molar-refractivity contribution in [2.75, 3.05) is 31.1 Å². The van der Waals surface area contributed by atoms with Crippen LogP contribution in [0.2, 0.25) is 0 Å². The fraction of sp³-hybridized carbons (Fsp3) is 0.409. The molecule has 0 aliphatic carbocycles. The second-order valence-corrected chi connectivity index (χ2v) is 8.33. The van der Waals surface area contributed by atoms with E-state index in [4.69, 9.17) is 4.74 Å². The Hall–Kier alpha value is -3.53. The molecule has 1 aromatic carbocycles. The third kappa shape index (κ3) is 3.77. The summed E-state index contributed by atoms with van der Waals surface area (Å²) in [5.74, 6) is 1.40. The third-order valence-electron chi connectivity index (χ3n) is 5.75. The van der Waals surface area contributed by atoms with Crippen LogP contribution in [0.15, 0.2) is 41.7 Å². The summed E-state index contributed by atoms with van der Waals surface area (Å²) in [7, 11) is 1.72. The number of benzene rings is 1. The average molecular weight is 435 g/mol. The minimum atomic E-state index is -0.142. The Morgan fingerprint density at radius 3 is 2.66 bits per heavy atom. The van der Waals surface area contributed by atoms with Crippen molar-refractivity contribution in [1.29, 1.82) is 0 Å². The lowest BCUT2D eigenvalue weighted by molar-refractivity contribution is 0.235. The zero-order valence-electron chi connectivity index (χ0n) is 18.5. The summed E-state index contributed by atoms with van der Waals surface area (Å²) >= 11 is 0. The smallest absolute Gasteiger partial charge is 0.295 e. The maximum Gasteiger partial charge on any atom is 0.295 e. The van der Waals surface area contributed by atoms with Crippen molar-refractivity contribution in [2.45, 2.75) is 26.5 Å². The van der Waals surface area contributed by atoms with E-state index in [0.29, 0.717) is 18.1 Å². The van der Waals surface area contributed by atoms with E-state index in [0.717, 1.165) is 48.6 Å². The van der Waals surface area contributed by atoms with Gasteiger partial charge in [0.05, 0.1) is 23.6 Å². The Bertz CT molecular complexity index is 1320. The Kier molecular flexibility index (Phi) is 5.22. The Morgan fingerprint density at radius 2 is 1.88 bits per heavy atom. The molecule has 3 aromatic heterocycles. The molecule has 32 heavy (non-hydrogen) atoms. The number of hydrogen-bond donors (Lipinski definition) is 0. The maximum atomic E-state index is 12.2. The highest BCUT2D eigenvalue weighted by atomic mass is 16.5. The first-order chi connectivity index (χ1) is 15.5. The molecule has 10 heteroatoms. The van der Waals surface area contributed by atoms with E-state index in [9.17, 15) is 4.79 Å². The van der Waals surface area contributed by atoms with Gasteiger partial charge in [-0.05, 0) is 32.0 Å². The van der Waals surface area contributed by atoms with Crippen LogP contribution in [-0.2, 0) is 13.6 Å². The molecule has 0 bridgehead atoms. The summed E-state index contributed by atoms with van der Waals surface area (Å²) in [4.78, 5) is 25.6. The summed E-state index contributed by atoms with van der Waals surface area (Å²) < 4.78 is 9.18. The van der Waals surface area contributed by atoms with Crippen LogP contribution in [-0.4, -0.2) is 66.3 Å². The highest BCUT2D eigenvalue weighted by molar-refractivity contribution is 5.86. The molecule has 1 aliphatic rings. The summed E-state index contributed by atoms with van der Waals surface area (Å²) in [6.45, 7) is 8.19. The first-order valence-corrected chi connectivity index (χ1v) is 10.8. The van der Waals surface area contributed by atoms with Crippen LogP contribution in [0.25, 0.3) is 16.6 Å². The summed E-state index contributed by atoms with van der Waals surface area (Å²) in [5.41, 5.74) is 2.23. The summed E-state index contributed by atoms with van der Waals surface area (Å²) in [6, 6.07) is 6.24. The van der Waals surface area contributed by atoms with Gasteiger partial charge in [0.25, 0.3) is 5.56 Å². The minimum absolute atomic E-state index is 0.0498. The molecule has 0 radical (unpaired) electrons. The molecule has 10 nitrogen and oxygen atoms in total. The lowest BCUT2D eigenvalue weighted by atomic mass is 10.2. The number of hydrogen-bond acceptors (Lipinski definition) is 8. The standard InChI is InChI=1S/C22H26N8O2/c1-15(2)32-21-17-12-16(4-5-18(17)23-14-24-21)29-9-7-28(8-10-29)13-19-25-26-20-22(31)27(3)6-11-30(19)20/h4-6,11-12,14-15H,7-10,13H2,1-3H3. The highest BCUT2D eigenvalue weighted by Crippen LogP contribution is 2.28. The van der Waals surface area contributed by atoms with Crippen LogP contribution >= 0.6 is 0 Å². The number of ether oxygens (including phenoxy) is 1. The van der Waals surface area contributed by atoms with Crippen molar-refractivity contribution in [2.24, 2.45) is 7.05 Å². The average Bonchev–Trinajstić information content (AvgIpc) is 3.20. The molecule has 4 aromatic rings. The maximum absolute atomic E-state index is 12.2. The number of anilines is 1. The Balaban J connectivity index is 1.30. The number of rotatable bonds is 5. The highest BCUT2D eigenvalue weighted by Gasteiger charge is 2.20. The first kappa shape index (κ1) is 20.4. The van der Waals surface area contributed by atoms with Gasteiger partial charge in [-0.3, -0.25) is 14.1 Å². The molecular formula is C22H26N8O2. The van der Waals surface area contributed by atoms with Crippen LogP contribution in [0.4, 0.5) is 5.69 Å². The van der Waals surface area contributed by atoms with E-state index in [1.165, 1.54) is 4.57 Å². The van der Waals surface area contributed by atoms with Crippen molar-refractivity contribution in [3.05, 3.63) is 53.1 Å². The van der Waals surface area contributed by atoms with Gasteiger partial charge in [0.2, 0.25) is 11.5 Å². The van der Waals surface area contributed by atoms with Gasteiger partial charge in [-0.15, -0.1) is 10.2 Å². The van der Waals surface area contributed by atoms with Crippen molar-refractivity contribution in [1.82, 2.24) is 34.0 Å². The molecule has 0 unspecified atom stereocenters. The van der Waals surface area contributed by atoms with E-state index < -0.39 is 0 Å². The van der Waals surface area contributed by atoms with Gasteiger partial charge in [-0.25, -0.2) is 9.97 Å². The quantitative estimate of drug-likeness (QED) is 0.466. The second kappa shape index (κ2) is 8.19. The SMILES string of the molecule is CC(C)Oc1ncnc2ccc(N3CCN(Cc4nnc5c(=O)n(C)ccn45)CC3)cc12. The Morgan fingerprint density at radius 1 is 1.06 bits per heavy atom. The van der Waals surface area contributed by atoms with Gasteiger partial charge in [0, 0.05) is 51.3 Å². The van der Waals surface area contributed by atoms with E-state index in [-0.39, 0.29) is 11.7 Å². The fourth-order valence-electron chi connectivity index (χ4n) is 4.03. The van der Waals surface area contributed by atoms with Crippen molar-refractivity contribution in [3.8, 4) is 5.88 Å². The van der Waals surface area contributed by atoms with Gasteiger partial charge in [0.15, 0.2) is 5.82 Å². The van der Waals surface area contributed by atoms with Crippen LogP contribution in [0, 0.1) is 0 Å². The number of aromatic nitrogens is 6. The molecule has 0 amide bonds. The van der Waals surface area contributed by atoms with Crippen molar-refractivity contribution in [3.63, 3.8) is 0 Å². The zero-order valence-corrected chi connectivity index (χ0v) is 18.5. The first-order valence-electron chi connectivity index (χ1n) is 10.8. The lowest BCUT2D eigenvalue weighted by Crippen LogP contribution is -2.46. The summed E-state index contributed by atoms with van der Waals surface area (Å²) in [5, 5.41) is 9.26. The Labute approximate surface area is 185 Å². The molecule has 1 aliphatic heterocycles. The van der Waals surface area contributed by atoms with E-state index in [2.05, 4.69) is 42.1 Å². The molecule has 0 atom stereocenters. The second-order valence-electron chi connectivity index (χ2n) is 8.33. The van der Waals surface area contributed by atoms with Gasteiger partial charge in [-0.1, -0.05) is 0 Å². The molecule has 0 N–H and O–H groups in total. The normalized spacial score (nSPS) is 15.2. The summed E-state index contributed by atoms with van der Waals surface area (Å²) in [6.07, 6.45) is 5.17. The van der Waals surface area contributed by atoms with Crippen LogP contribution < -0.4 is 15.2 Å². The molecule has 1 saturated heterocycles. The largest absolute Gasteiger partial charge is 0.474 e.